The van der Waals surface area contributed by atoms with E-state index in [9.17, 15) is 0 Å². The molecular formula is C15H18N6. The van der Waals surface area contributed by atoms with Crippen LogP contribution in [0.1, 0.15) is 12.0 Å². The number of aryl methyl sites for hydroxylation is 1. The van der Waals surface area contributed by atoms with Crippen molar-refractivity contribution in [2.75, 3.05) is 6.54 Å². The third-order valence-corrected chi connectivity index (χ3v) is 3.20. The van der Waals surface area contributed by atoms with Crippen LogP contribution >= 0.6 is 0 Å². The molecule has 0 fully saturated rings. The van der Waals surface area contributed by atoms with Crippen LogP contribution in [0.2, 0.25) is 0 Å². The molecule has 2 heterocycles. The first-order chi connectivity index (χ1) is 10.4. The Bertz CT molecular complexity index is 644. The van der Waals surface area contributed by atoms with Gasteiger partial charge < -0.3 is 5.32 Å². The van der Waals surface area contributed by atoms with E-state index in [0.717, 1.165) is 31.7 Å². The van der Waals surface area contributed by atoms with Gasteiger partial charge in [-0.05, 0) is 25.1 Å². The molecule has 2 aromatic heterocycles. The normalized spacial score (nSPS) is 10.9. The minimum atomic E-state index is 0.824. The van der Waals surface area contributed by atoms with Gasteiger partial charge in [0.15, 0.2) is 0 Å². The van der Waals surface area contributed by atoms with Crippen LogP contribution in [0.15, 0.2) is 55.1 Å². The number of para-hydroxylation sites is 1. The maximum atomic E-state index is 4.38. The van der Waals surface area contributed by atoms with Gasteiger partial charge in [-0.2, -0.15) is 5.10 Å². The van der Waals surface area contributed by atoms with Crippen LogP contribution in [0.25, 0.3) is 5.69 Å². The van der Waals surface area contributed by atoms with Crippen molar-refractivity contribution in [3.05, 3.63) is 60.7 Å². The summed E-state index contributed by atoms with van der Waals surface area (Å²) in [7, 11) is 0. The highest BCUT2D eigenvalue weighted by Gasteiger charge is 2.00. The fourth-order valence-corrected chi connectivity index (χ4v) is 2.12. The topological polar surface area (TPSA) is 60.6 Å². The molecule has 1 N–H and O–H groups in total. The predicted molar refractivity (Wildman–Crippen MR) is 79.9 cm³/mol. The third kappa shape index (κ3) is 3.76. The Morgan fingerprint density at radius 2 is 2.05 bits per heavy atom. The van der Waals surface area contributed by atoms with Crippen LogP contribution in [-0.2, 0) is 13.1 Å². The van der Waals surface area contributed by atoms with Crippen LogP contribution in [0.4, 0.5) is 0 Å². The zero-order valence-corrected chi connectivity index (χ0v) is 11.8. The van der Waals surface area contributed by atoms with Crippen molar-refractivity contribution in [1.82, 2.24) is 30.1 Å². The molecule has 6 heteroatoms. The molecule has 108 valence electrons. The second kappa shape index (κ2) is 6.81. The number of nitrogens with zero attached hydrogens (tertiary/aromatic N) is 5. The summed E-state index contributed by atoms with van der Waals surface area (Å²) >= 11 is 0. The summed E-state index contributed by atoms with van der Waals surface area (Å²) < 4.78 is 3.74. The van der Waals surface area contributed by atoms with E-state index in [-0.39, 0.29) is 0 Å². The largest absolute Gasteiger partial charge is 0.312 e. The number of hydrogen-bond donors (Lipinski definition) is 1. The van der Waals surface area contributed by atoms with Gasteiger partial charge >= 0.3 is 0 Å². The summed E-state index contributed by atoms with van der Waals surface area (Å²) in [6, 6.07) is 10.1. The van der Waals surface area contributed by atoms with Crippen LogP contribution < -0.4 is 5.32 Å². The molecule has 0 bridgehead atoms. The molecule has 21 heavy (non-hydrogen) atoms. The molecule has 3 aromatic rings. The van der Waals surface area contributed by atoms with Crippen LogP contribution in [0.5, 0.6) is 0 Å². The Morgan fingerprint density at radius 1 is 1.14 bits per heavy atom. The molecule has 0 radical (unpaired) electrons. The molecule has 0 unspecified atom stereocenters. The summed E-state index contributed by atoms with van der Waals surface area (Å²) in [5.74, 6) is 0. The number of aromatic nitrogens is 5. The second-order valence-corrected chi connectivity index (χ2v) is 4.83. The molecule has 0 saturated heterocycles. The fourth-order valence-electron chi connectivity index (χ4n) is 2.12. The molecule has 3 rings (SSSR count). The van der Waals surface area contributed by atoms with Gasteiger partial charge in [0.05, 0.1) is 18.1 Å². The lowest BCUT2D eigenvalue weighted by Gasteiger charge is -2.03. The molecule has 0 aliphatic carbocycles. The lowest BCUT2D eigenvalue weighted by Crippen LogP contribution is -2.16. The molecule has 1 aromatic carbocycles. The van der Waals surface area contributed by atoms with Gasteiger partial charge in [0.1, 0.15) is 0 Å². The van der Waals surface area contributed by atoms with Gasteiger partial charge in [-0.15, -0.1) is 5.10 Å². The highest BCUT2D eigenvalue weighted by Crippen LogP contribution is 2.07. The van der Waals surface area contributed by atoms with Crippen molar-refractivity contribution in [1.29, 1.82) is 0 Å². The zero-order chi connectivity index (χ0) is 14.3. The maximum Gasteiger partial charge on any atom is 0.0692 e. The second-order valence-electron chi connectivity index (χ2n) is 4.83. The smallest absolute Gasteiger partial charge is 0.0692 e. The predicted octanol–water partition coefficient (Wildman–Crippen LogP) is 1.64. The number of benzene rings is 1. The minimum Gasteiger partial charge on any atom is -0.312 e. The van der Waals surface area contributed by atoms with Gasteiger partial charge in [-0.1, -0.05) is 23.4 Å². The maximum absolute atomic E-state index is 4.38. The first-order valence-electron chi connectivity index (χ1n) is 7.05. The van der Waals surface area contributed by atoms with Gasteiger partial charge in [-0.25, -0.2) is 4.68 Å². The molecule has 0 aliphatic heterocycles. The van der Waals surface area contributed by atoms with Crippen molar-refractivity contribution < 1.29 is 0 Å². The van der Waals surface area contributed by atoms with Crippen molar-refractivity contribution in [2.45, 2.75) is 19.5 Å². The number of rotatable bonds is 7. The molecule has 0 amide bonds. The van der Waals surface area contributed by atoms with Crippen molar-refractivity contribution in [3.8, 4) is 5.69 Å². The number of hydrogen-bond acceptors (Lipinski definition) is 4. The van der Waals surface area contributed by atoms with Gasteiger partial charge in [0.2, 0.25) is 0 Å². The van der Waals surface area contributed by atoms with Crippen molar-refractivity contribution in [2.24, 2.45) is 0 Å². The van der Waals surface area contributed by atoms with Crippen LogP contribution in [0, 0.1) is 0 Å². The highest BCUT2D eigenvalue weighted by atomic mass is 15.4. The summed E-state index contributed by atoms with van der Waals surface area (Å²) in [6.07, 6.45) is 8.56. The first-order valence-corrected chi connectivity index (χ1v) is 7.05. The fraction of sp³-hybridized carbons (Fsp3) is 0.267. The van der Waals surface area contributed by atoms with E-state index in [1.807, 2.05) is 52.1 Å². The molecular weight excluding hydrogens is 264 g/mol. The quantitative estimate of drug-likeness (QED) is 0.669. The Morgan fingerprint density at radius 3 is 2.86 bits per heavy atom. The van der Waals surface area contributed by atoms with Crippen LogP contribution in [-0.4, -0.2) is 31.3 Å². The SMILES string of the molecule is c1ccc(-n2cc(CNCCCn3ccnn3)cn2)cc1. The average molecular weight is 282 g/mol. The van der Waals surface area contributed by atoms with Gasteiger partial charge in [-0.3, -0.25) is 4.68 Å². The van der Waals surface area contributed by atoms with E-state index in [1.165, 1.54) is 5.56 Å². The van der Waals surface area contributed by atoms with E-state index in [2.05, 4.69) is 26.9 Å². The monoisotopic (exact) mass is 282 g/mol. The number of nitrogens with one attached hydrogen (secondary N) is 1. The van der Waals surface area contributed by atoms with E-state index in [1.54, 1.807) is 6.20 Å². The van der Waals surface area contributed by atoms with Crippen molar-refractivity contribution >= 4 is 0 Å². The summed E-state index contributed by atoms with van der Waals surface area (Å²) in [6.45, 7) is 2.65. The molecule has 0 atom stereocenters. The summed E-state index contributed by atoms with van der Waals surface area (Å²) in [5, 5.41) is 15.5. The van der Waals surface area contributed by atoms with Crippen molar-refractivity contribution in [3.63, 3.8) is 0 Å². The summed E-state index contributed by atoms with van der Waals surface area (Å²) in [4.78, 5) is 0. The van der Waals surface area contributed by atoms with Crippen LogP contribution in [0.3, 0.4) is 0 Å². The minimum absolute atomic E-state index is 0.824. The standard InChI is InChI=1S/C15H18N6/c1-2-5-15(6-3-1)21-13-14(12-18-21)11-16-7-4-9-20-10-8-17-19-20/h1-3,5-6,8,10,12-13,16H,4,7,9,11H2. The van der Waals surface area contributed by atoms with Gasteiger partial charge in [0.25, 0.3) is 0 Å². The van der Waals surface area contributed by atoms with E-state index < -0.39 is 0 Å². The summed E-state index contributed by atoms with van der Waals surface area (Å²) in [5.41, 5.74) is 2.26. The van der Waals surface area contributed by atoms with E-state index in [4.69, 9.17) is 0 Å². The lowest BCUT2D eigenvalue weighted by molar-refractivity contribution is 0.530. The molecule has 6 nitrogen and oxygen atoms in total. The third-order valence-electron chi connectivity index (χ3n) is 3.20. The highest BCUT2D eigenvalue weighted by molar-refractivity contribution is 5.30. The Kier molecular flexibility index (Phi) is 4.38. The van der Waals surface area contributed by atoms with Gasteiger partial charge in [0, 0.05) is 31.0 Å². The lowest BCUT2D eigenvalue weighted by atomic mass is 10.3. The van der Waals surface area contributed by atoms with E-state index >= 15 is 0 Å². The molecule has 0 spiro atoms. The Labute approximate surface area is 123 Å². The van der Waals surface area contributed by atoms with E-state index in [0.29, 0.717) is 0 Å². The molecule has 0 saturated carbocycles. The first kappa shape index (κ1) is 13.5. The Balaban J connectivity index is 1.43. The molecule has 0 aliphatic rings. The Hall–Kier alpha value is -2.47. The zero-order valence-electron chi connectivity index (χ0n) is 11.8. The average Bonchev–Trinajstić information content (AvgIpc) is 3.19.